The Labute approximate surface area is 261 Å². The van der Waals surface area contributed by atoms with Gasteiger partial charge in [0.25, 0.3) is 0 Å². The molecule has 12 heteroatoms. The standard InChI is InChI=1S/C33H37N5O7/c1-42-28-15-10-22(19-29(28)43-2)16-17-37(30(39)21-38-27-9-5-4-8-26(27)35-36-38)31(32(40)34-20-25-7-6-18-45-25)23-11-13-24(14-12-23)33(41)44-3/h4-5,8-15,19,25,31H,6-7,16-18,20-21H2,1-3H3,(H,34,40)/t25-,31+/m1/s1. The molecule has 2 amide bonds. The first-order chi connectivity index (χ1) is 21.9. The van der Waals surface area contributed by atoms with Gasteiger partial charge in [0, 0.05) is 19.7 Å². The number of ether oxygens (including phenoxy) is 4. The molecule has 0 radical (unpaired) electrons. The lowest BCUT2D eigenvalue weighted by Crippen LogP contribution is -2.47. The molecule has 2 atom stereocenters. The van der Waals surface area contributed by atoms with Gasteiger partial charge >= 0.3 is 5.97 Å². The highest BCUT2D eigenvalue weighted by Crippen LogP contribution is 2.29. The number of amides is 2. The number of hydrogen-bond donors (Lipinski definition) is 1. The Bertz CT molecular complexity index is 1630. The van der Waals surface area contributed by atoms with Crippen molar-refractivity contribution < 1.29 is 33.3 Å². The molecule has 45 heavy (non-hydrogen) atoms. The van der Waals surface area contributed by atoms with Crippen LogP contribution in [0.3, 0.4) is 0 Å². The van der Waals surface area contributed by atoms with E-state index in [4.69, 9.17) is 18.9 Å². The molecule has 1 saturated heterocycles. The first-order valence-electron chi connectivity index (χ1n) is 14.8. The zero-order valence-corrected chi connectivity index (χ0v) is 25.6. The van der Waals surface area contributed by atoms with Crippen molar-refractivity contribution in [2.24, 2.45) is 0 Å². The Morgan fingerprint density at radius 3 is 2.51 bits per heavy atom. The quantitative estimate of drug-likeness (QED) is 0.225. The molecule has 0 bridgehead atoms. The van der Waals surface area contributed by atoms with E-state index >= 15 is 0 Å². The molecule has 1 N–H and O–H groups in total. The van der Waals surface area contributed by atoms with Crippen LogP contribution in [-0.4, -0.2) is 84.8 Å². The zero-order valence-electron chi connectivity index (χ0n) is 25.6. The van der Waals surface area contributed by atoms with Gasteiger partial charge in [-0.3, -0.25) is 9.59 Å². The SMILES string of the molecule is COC(=O)c1ccc([C@@H](C(=O)NC[C@H]2CCCO2)N(CCc2ccc(OC)c(OC)c2)C(=O)Cn2nnc3ccccc32)cc1. The van der Waals surface area contributed by atoms with E-state index in [0.717, 1.165) is 18.4 Å². The lowest BCUT2D eigenvalue weighted by molar-refractivity contribution is -0.141. The average molecular weight is 616 g/mol. The van der Waals surface area contributed by atoms with Crippen molar-refractivity contribution in [3.63, 3.8) is 0 Å². The summed E-state index contributed by atoms with van der Waals surface area (Å²) in [5.41, 5.74) is 3.11. The van der Waals surface area contributed by atoms with Crippen LogP contribution < -0.4 is 14.8 Å². The topological polar surface area (TPSA) is 134 Å². The zero-order chi connectivity index (χ0) is 31.8. The predicted molar refractivity (Wildman–Crippen MR) is 165 cm³/mol. The number of carbonyl (C=O) groups is 3. The summed E-state index contributed by atoms with van der Waals surface area (Å²) in [6.45, 7) is 1.03. The summed E-state index contributed by atoms with van der Waals surface area (Å²) in [6.07, 6.45) is 2.11. The Kier molecular flexibility index (Phi) is 10.3. The lowest BCUT2D eigenvalue weighted by atomic mass is 10.0. The summed E-state index contributed by atoms with van der Waals surface area (Å²) in [4.78, 5) is 41.9. The maximum atomic E-state index is 14.2. The number of benzene rings is 3. The van der Waals surface area contributed by atoms with E-state index < -0.39 is 12.0 Å². The molecule has 1 fully saturated rings. The summed E-state index contributed by atoms with van der Waals surface area (Å²) in [6, 6.07) is 18.4. The summed E-state index contributed by atoms with van der Waals surface area (Å²) < 4.78 is 23.0. The first kappa shape index (κ1) is 31.5. The van der Waals surface area contributed by atoms with Crippen LogP contribution in [0.4, 0.5) is 0 Å². The molecule has 2 heterocycles. The van der Waals surface area contributed by atoms with Gasteiger partial charge < -0.3 is 29.2 Å². The van der Waals surface area contributed by atoms with Crippen LogP contribution in [0, 0.1) is 0 Å². The van der Waals surface area contributed by atoms with E-state index in [9.17, 15) is 14.4 Å². The van der Waals surface area contributed by atoms with Crippen LogP contribution in [0.1, 0.15) is 40.4 Å². The fraction of sp³-hybridized carbons (Fsp3) is 0.364. The van der Waals surface area contributed by atoms with Crippen molar-refractivity contribution in [3.8, 4) is 11.5 Å². The van der Waals surface area contributed by atoms with E-state index in [-0.39, 0.29) is 31.0 Å². The normalized spacial score (nSPS) is 15.0. The molecular weight excluding hydrogens is 578 g/mol. The second kappa shape index (κ2) is 14.7. The van der Waals surface area contributed by atoms with Gasteiger partial charge in [-0.1, -0.05) is 35.5 Å². The van der Waals surface area contributed by atoms with Crippen LogP contribution in [0.15, 0.2) is 66.7 Å². The number of carbonyl (C=O) groups excluding carboxylic acids is 3. The van der Waals surface area contributed by atoms with Gasteiger partial charge in [-0.2, -0.15) is 0 Å². The summed E-state index contributed by atoms with van der Waals surface area (Å²) in [5.74, 6) is -0.0446. The number of aromatic nitrogens is 3. The summed E-state index contributed by atoms with van der Waals surface area (Å²) in [5, 5.41) is 11.4. The number of hydrogen-bond acceptors (Lipinski definition) is 9. The molecule has 0 saturated carbocycles. The summed E-state index contributed by atoms with van der Waals surface area (Å²) >= 11 is 0. The van der Waals surface area contributed by atoms with Crippen LogP contribution in [0.5, 0.6) is 11.5 Å². The minimum Gasteiger partial charge on any atom is -0.493 e. The Morgan fingerprint density at radius 2 is 1.80 bits per heavy atom. The third kappa shape index (κ3) is 7.40. The fourth-order valence-electron chi connectivity index (χ4n) is 5.45. The largest absolute Gasteiger partial charge is 0.493 e. The van der Waals surface area contributed by atoms with Crippen LogP contribution in [-0.2, 0) is 32.0 Å². The molecule has 0 unspecified atom stereocenters. The van der Waals surface area contributed by atoms with Gasteiger partial charge in [-0.25, -0.2) is 9.48 Å². The van der Waals surface area contributed by atoms with Gasteiger partial charge in [0.1, 0.15) is 18.1 Å². The second-order valence-corrected chi connectivity index (χ2v) is 10.7. The minimum atomic E-state index is -1.01. The average Bonchev–Trinajstić information content (AvgIpc) is 3.75. The first-order valence-corrected chi connectivity index (χ1v) is 14.8. The summed E-state index contributed by atoms with van der Waals surface area (Å²) in [7, 11) is 4.43. The molecule has 1 aromatic heterocycles. The number of nitrogens with one attached hydrogen (secondary N) is 1. The van der Waals surface area contributed by atoms with Crippen molar-refractivity contribution in [2.75, 3.05) is 41.0 Å². The van der Waals surface area contributed by atoms with E-state index in [1.807, 2.05) is 36.4 Å². The molecule has 0 aliphatic carbocycles. The highest BCUT2D eigenvalue weighted by atomic mass is 16.5. The number of para-hydroxylation sites is 1. The molecule has 1 aliphatic rings. The Hall–Kier alpha value is -4.97. The van der Waals surface area contributed by atoms with Crippen LogP contribution in [0.25, 0.3) is 11.0 Å². The van der Waals surface area contributed by atoms with E-state index in [2.05, 4.69) is 15.6 Å². The molecule has 12 nitrogen and oxygen atoms in total. The molecule has 236 valence electrons. The monoisotopic (exact) mass is 615 g/mol. The van der Waals surface area contributed by atoms with Gasteiger partial charge in [0.2, 0.25) is 11.8 Å². The minimum absolute atomic E-state index is 0.0891. The number of rotatable bonds is 13. The predicted octanol–water partition coefficient (Wildman–Crippen LogP) is 3.34. The number of esters is 1. The van der Waals surface area contributed by atoms with E-state index in [1.54, 1.807) is 49.5 Å². The van der Waals surface area contributed by atoms with E-state index in [1.165, 1.54) is 11.8 Å². The highest BCUT2D eigenvalue weighted by Gasteiger charge is 2.33. The number of methoxy groups -OCH3 is 3. The van der Waals surface area contributed by atoms with Crippen LogP contribution >= 0.6 is 0 Å². The van der Waals surface area contributed by atoms with Gasteiger partial charge in [0.05, 0.1) is 38.5 Å². The number of nitrogens with zero attached hydrogens (tertiary/aromatic N) is 4. The van der Waals surface area contributed by atoms with E-state index in [0.29, 0.717) is 53.2 Å². The van der Waals surface area contributed by atoms with Crippen molar-refractivity contribution in [3.05, 3.63) is 83.4 Å². The van der Waals surface area contributed by atoms with Crippen molar-refractivity contribution in [2.45, 2.75) is 38.0 Å². The smallest absolute Gasteiger partial charge is 0.337 e. The van der Waals surface area contributed by atoms with Crippen molar-refractivity contribution >= 4 is 28.8 Å². The molecule has 3 aromatic carbocycles. The molecule has 5 rings (SSSR count). The molecular formula is C33H37N5O7. The van der Waals surface area contributed by atoms with Gasteiger partial charge in [-0.05, 0) is 66.8 Å². The third-order valence-corrected chi connectivity index (χ3v) is 7.85. The van der Waals surface area contributed by atoms with Crippen LogP contribution in [0.2, 0.25) is 0 Å². The fourth-order valence-corrected chi connectivity index (χ4v) is 5.45. The maximum absolute atomic E-state index is 14.2. The van der Waals surface area contributed by atoms with Crippen molar-refractivity contribution in [1.82, 2.24) is 25.2 Å². The Morgan fingerprint density at radius 1 is 1.02 bits per heavy atom. The molecule has 0 spiro atoms. The van der Waals surface area contributed by atoms with Crippen molar-refractivity contribution in [1.29, 1.82) is 0 Å². The van der Waals surface area contributed by atoms with Gasteiger partial charge in [0.15, 0.2) is 11.5 Å². The van der Waals surface area contributed by atoms with Gasteiger partial charge in [-0.15, -0.1) is 5.10 Å². The molecule has 4 aromatic rings. The maximum Gasteiger partial charge on any atom is 0.337 e. The Balaban J connectivity index is 1.49. The number of fused-ring (bicyclic) bond motifs is 1. The lowest BCUT2D eigenvalue weighted by Gasteiger charge is -2.32. The third-order valence-electron chi connectivity index (χ3n) is 7.85. The highest BCUT2D eigenvalue weighted by molar-refractivity contribution is 5.91. The molecule has 1 aliphatic heterocycles. The second-order valence-electron chi connectivity index (χ2n) is 10.7.